The number of aliphatic hydroxyl groups excluding tert-OH is 1. The van der Waals surface area contributed by atoms with Crippen molar-refractivity contribution in [1.29, 1.82) is 0 Å². The van der Waals surface area contributed by atoms with Crippen LogP contribution < -0.4 is 14.4 Å². The number of nitrogens with zero attached hydrogens (tertiary/aromatic N) is 2. The summed E-state index contributed by atoms with van der Waals surface area (Å²) in [6, 6.07) is 10.3. The number of piperidine rings is 1. The molecule has 3 rings (SSSR count). The van der Waals surface area contributed by atoms with E-state index in [2.05, 4.69) is 4.72 Å². The highest BCUT2D eigenvalue weighted by Gasteiger charge is 2.28. The monoisotopic (exact) mass is 407 g/mol. The Morgan fingerprint density at radius 2 is 1.89 bits per heavy atom. The maximum atomic E-state index is 13.1. The molecule has 2 aromatic rings. The zero-order valence-corrected chi connectivity index (χ0v) is 16.1. The van der Waals surface area contributed by atoms with Crippen LogP contribution in [0.2, 0.25) is 0 Å². The number of aliphatic hydroxyl groups is 1. The number of hydrogen-bond acceptors (Lipinski definition) is 7. The van der Waals surface area contributed by atoms with Crippen LogP contribution in [0.15, 0.2) is 47.4 Å². The van der Waals surface area contributed by atoms with Crippen molar-refractivity contribution in [3.05, 3.63) is 52.6 Å². The molecule has 1 heterocycles. The minimum Gasteiger partial charge on any atom is -0.495 e. The first-order valence-corrected chi connectivity index (χ1v) is 10.2. The smallest absolute Gasteiger partial charge is 0.270 e. The number of anilines is 2. The van der Waals surface area contributed by atoms with Crippen LogP contribution in [0, 0.1) is 10.1 Å². The van der Waals surface area contributed by atoms with Crippen molar-refractivity contribution in [3.63, 3.8) is 0 Å². The van der Waals surface area contributed by atoms with Crippen LogP contribution in [0.5, 0.6) is 5.75 Å². The predicted octanol–water partition coefficient (Wildman–Crippen LogP) is 2.37. The fraction of sp³-hybridized carbons (Fsp3) is 0.333. The van der Waals surface area contributed by atoms with E-state index in [1.165, 1.54) is 19.2 Å². The van der Waals surface area contributed by atoms with Gasteiger partial charge in [0.15, 0.2) is 0 Å². The molecule has 0 bridgehead atoms. The van der Waals surface area contributed by atoms with E-state index >= 15 is 0 Å². The molecular formula is C18H21N3O6S. The van der Waals surface area contributed by atoms with Gasteiger partial charge in [0.25, 0.3) is 15.7 Å². The molecule has 9 nitrogen and oxygen atoms in total. The normalized spacial score (nSPS) is 15.3. The molecule has 0 aromatic heterocycles. The minimum absolute atomic E-state index is 0.191. The molecule has 150 valence electrons. The third-order valence-corrected chi connectivity index (χ3v) is 5.99. The van der Waals surface area contributed by atoms with Crippen molar-refractivity contribution in [3.8, 4) is 5.75 Å². The summed E-state index contributed by atoms with van der Waals surface area (Å²) in [4.78, 5) is 12.2. The van der Waals surface area contributed by atoms with E-state index in [0.29, 0.717) is 37.4 Å². The molecule has 1 aliphatic heterocycles. The molecule has 0 aliphatic carbocycles. The molecule has 0 saturated carbocycles. The van der Waals surface area contributed by atoms with Gasteiger partial charge in [0, 0.05) is 25.2 Å². The minimum atomic E-state index is -4.13. The number of methoxy groups -OCH3 is 1. The fourth-order valence-corrected chi connectivity index (χ4v) is 4.44. The third-order valence-electron chi connectivity index (χ3n) is 4.60. The van der Waals surface area contributed by atoms with Gasteiger partial charge in [-0.25, -0.2) is 8.42 Å². The first kappa shape index (κ1) is 19.9. The van der Waals surface area contributed by atoms with Gasteiger partial charge in [-0.15, -0.1) is 0 Å². The molecule has 0 radical (unpaired) electrons. The maximum Gasteiger partial charge on any atom is 0.270 e. The molecule has 2 N–H and O–H groups in total. The summed E-state index contributed by atoms with van der Waals surface area (Å²) in [5.41, 5.74) is 0.276. The SMILES string of the molecule is COc1ccccc1NS(=O)(=O)c1cc([N+](=O)[O-])ccc1N1CCC(O)CC1. The van der Waals surface area contributed by atoms with E-state index in [-0.39, 0.29) is 16.3 Å². The average molecular weight is 407 g/mol. The highest BCUT2D eigenvalue weighted by atomic mass is 32.2. The predicted molar refractivity (Wildman–Crippen MR) is 104 cm³/mol. The molecule has 1 saturated heterocycles. The molecule has 1 fully saturated rings. The lowest BCUT2D eigenvalue weighted by Gasteiger charge is -2.32. The molecule has 2 aromatic carbocycles. The Balaban J connectivity index is 2.04. The van der Waals surface area contributed by atoms with E-state index in [1.54, 1.807) is 24.3 Å². The summed E-state index contributed by atoms with van der Waals surface area (Å²) in [5.74, 6) is 0.333. The molecule has 0 amide bonds. The van der Waals surface area contributed by atoms with Crippen molar-refractivity contribution in [2.45, 2.75) is 23.8 Å². The van der Waals surface area contributed by atoms with E-state index in [1.807, 2.05) is 4.90 Å². The van der Waals surface area contributed by atoms with E-state index in [4.69, 9.17) is 4.74 Å². The summed E-state index contributed by atoms with van der Waals surface area (Å²) in [6.45, 7) is 0.909. The molecule has 1 aliphatic rings. The van der Waals surface area contributed by atoms with Gasteiger partial charge >= 0.3 is 0 Å². The Morgan fingerprint density at radius 1 is 1.21 bits per heavy atom. The van der Waals surface area contributed by atoms with Gasteiger partial charge in [-0.05, 0) is 31.0 Å². The largest absolute Gasteiger partial charge is 0.495 e. The van der Waals surface area contributed by atoms with Gasteiger partial charge < -0.3 is 14.7 Å². The number of hydrogen-bond donors (Lipinski definition) is 2. The molecule has 10 heteroatoms. The van der Waals surface area contributed by atoms with Crippen LogP contribution >= 0.6 is 0 Å². The summed E-state index contributed by atoms with van der Waals surface area (Å²) in [6.07, 6.45) is 0.563. The standard InChI is InChI=1S/C18H21N3O6S/c1-27-17-5-3-2-4-15(17)19-28(25,26)18-12-13(21(23)24)6-7-16(18)20-10-8-14(22)9-11-20/h2-7,12,14,19,22H,8-11H2,1H3. The van der Waals surface area contributed by atoms with Crippen LogP contribution in [-0.4, -0.2) is 44.8 Å². The highest BCUT2D eigenvalue weighted by molar-refractivity contribution is 7.93. The molecule has 0 atom stereocenters. The van der Waals surface area contributed by atoms with Crippen molar-refractivity contribution < 1.29 is 23.2 Å². The number of nitro groups is 1. The number of nitro benzene ring substituents is 1. The van der Waals surface area contributed by atoms with Crippen LogP contribution in [0.25, 0.3) is 0 Å². The van der Waals surface area contributed by atoms with Crippen LogP contribution in [0.4, 0.5) is 17.1 Å². The lowest BCUT2D eigenvalue weighted by atomic mass is 10.1. The Labute approximate surface area is 162 Å². The first-order chi connectivity index (χ1) is 13.3. The number of nitrogens with one attached hydrogen (secondary N) is 1. The average Bonchev–Trinajstić information content (AvgIpc) is 2.68. The quantitative estimate of drug-likeness (QED) is 0.557. The van der Waals surface area contributed by atoms with Gasteiger partial charge in [-0.1, -0.05) is 12.1 Å². The zero-order chi connectivity index (χ0) is 20.3. The Morgan fingerprint density at radius 3 is 2.54 bits per heavy atom. The highest BCUT2D eigenvalue weighted by Crippen LogP contribution is 2.34. The Bertz CT molecular complexity index is 971. The Hall–Kier alpha value is -2.85. The van der Waals surface area contributed by atoms with Crippen molar-refractivity contribution in [1.82, 2.24) is 0 Å². The third kappa shape index (κ3) is 4.18. The lowest BCUT2D eigenvalue weighted by molar-refractivity contribution is -0.385. The van der Waals surface area contributed by atoms with Gasteiger partial charge in [0.2, 0.25) is 0 Å². The summed E-state index contributed by atoms with van der Waals surface area (Å²) in [5, 5.41) is 20.9. The second kappa shape index (κ2) is 8.03. The molecule has 0 unspecified atom stereocenters. The number of rotatable bonds is 6. The van der Waals surface area contributed by atoms with Crippen LogP contribution in [0.3, 0.4) is 0 Å². The topological polar surface area (TPSA) is 122 Å². The van der Waals surface area contributed by atoms with Crippen molar-refractivity contribution in [2.24, 2.45) is 0 Å². The second-order valence-electron chi connectivity index (χ2n) is 6.43. The zero-order valence-electron chi connectivity index (χ0n) is 15.2. The molecule has 28 heavy (non-hydrogen) atoms. The lowest BCUT2D eigenvalue weighted by Crippen LogP contribution is -2.36. The number of non-ortho nitro benzene ring substituents is 1. The van der Waals surface area contributed by atoms with Crippen LogP contribution in [-0.2, 0) is 10.0 Å². The Kier molecular flexibility index (Phi) is 5.71. The van der Waals surface area contributed by atoms with E-state index < -0.39 is 21.1 Å². The molecular weight excluding hydrogens is 386 g/mol. The summed E-state index contributed by atoms with van der Waals surface area (Å²) in [7, 11) is -2.71. The van der Waals surface area contributed by atoms with Crippen molar-refractivity contribution in [2.75, 3.05) is 29.8 Å². The second-order valence-corrected chi connectivity index (χ2v) is 8.08. The summed E-state index contributed by atoms with van der Waals surface area (Å²) >= 11 is 0. The van der Waals surface area contributed by atoms with Crippen LogP contribution in [0.1, 0.15) is 12.8 Å². The van der Waals surface area contributed by atoms with Gasteiger partial charge in [0.05, 0.1) is 29.5 Å². The van der Waals surface area contributed by atoms with Gasteiger partial charge in [-0.3, -0.25) is 14.8 Å². The van der Waals surface area contributed by atoms with E-state index in [0.717, 1.165) is 6.07 Å². The van der Waals surface area contributed by atoms with Crippen molar-refractivity contribution >= 4 is 27.1 Å². The number of sulfonamides is 1. The first-order valence-electron chi connectivity index (χ1n) is 8.69. The van der Waals surface area contributed by atoms with E-state index in [9.17, 15) is 23.6 Å². The van der Waals surface area contributed by atoms with Gasteiger partial charge in [0.1, 0.15) is 10.6 Å². The number of ether oxygens (including phenoxy) is 1. The molecule has 0 spiro atoms. The van der Waals surface area contributed by atoms with Gasteiger partial charge in [-0.2, -0.15) is 0 Å². The number of benzene rings is 2. The summed E-state index contributed by atoms with van der Waals surface area (Å²) < 4.78 is 33.8. The maximum absolute atomic E-state index is 13.1. The number of para-hydroxylation sites is 2. The fourth-order valence-electron chi connectivity index (χ4n) is 3.13.